The number of alkyl halides is 3. The zero-order chi connectivity index (χ0) is 23.0. The lowest BCUT2D eigenvalue weighted by Crippen LogP contribution is -2.06. The Morgan fingerprint density at radius 2 is 1.75 bits per heavy atom. The molecule has 168 valence electrons. The lowest BCUT2D eigenvalue weighted by Gasteiger charge is -2.06. The van der Waals surface area contributed by atoms with Gasteiger partial charge in [-0.1, -0.05) is 36.5 Å². The van der Waals surface area contributed by atoms with E-state index in [1.807, 2.05) is 24.3 Å². The molecule has 2 N–H and O–H groups in total. The normalized spacial score (nSPS) is 11.7. The maximum Gasteiger partial charge on any atom is 0.416 e. The number of rotatable bonds is 10. The number of aromatic nitrogens is 1. The van der Waals surface area contributed by atoms with Gasteiger partial charge in [-0.2, -0.15) is 13.2 Å². The minimum absolute atomic E-state index is 0.241. The molecule has 0 saturated carbocycles. The number of unbranched alkanes of at least 4 members (excludes halogenated alkanes) is 1. The first kappa shape index (κ1) is 23.5. The highest BCUT2D eigenvalue weighted by atomic mass is 32.1. The molecular formula is C24H23F3N2O2S. The van der Waals surface area contributed by atoms with E-state index in [2.05, 4.69) is 4.98 Å². The van der Waals surface area contributed by atoms with Crippen molar-refractivity contribution in [1.82, 2.24) is 4.98 Å². The van der Waals surface area contributed by atoms with E-state index in [0.29, 0.717) is 22.1 Å². The molecule has 1 aromatic heterocycles. The number of thiocarbonyl (C=S) groups is 1. The number of hydrogen-bond acceptors (Lipinski definition) is 4. The lowest BCUT2D eigenvalue weighted by molar-refractivity contribution is -0.137. The van der Waals surface area contributed by atoms with E-state index in [0.717, 1.165) is 43.6 Å². The summed E-state index contributed by atoms with van der Waals surface area (Å²) in [5.74, 6) is 1.07. The summed E-state index contributed by atoms with van der Waals surface area (Å²) in [4.78, 5) is 4.86. The van der Waals surface area contributed by atoms with Gasteiger partial charge in [-0.25, -0.2) is 4.98 Å². The topological polar surface area (TPSA) is 61.3 Å². The van der Waals surface area contributed by atoms with Gasteiger partial charge in [0, 0.05) is 6.08 Å². The third-order valence-electron chi connectivity index (χ3n) is 4.67. The Kier molecular flexibility index (Phi) is 8.05. The van der Waals surface area contributed by atoms with Crippen molar-refractivity contribution in [3.63, 3.8) is 0 Å². The summed E-state index contributed by atoms with van der Waals surface area (Å²) in [5.41, 5.74) is 7.26. The number of benzene rings is 2. The molecule has 8 heteroatoms. The predicted molar refractivity (Wildman–Crippen MR) is 122 cm³/mol. The fourth-order valence-corrected chi connectivity index (χ4v) is 3.10. The number of hydrogen-bond donors (Lipinski definition) is 1. The van der Waals surface area contributed by atoms with Crippen LogP contribution >= 0.6 is 12.2 Å². The van der Waals surface area contributed by atoms with Crippen molar-refractivity contribution in [1.29, 1.82) is 0 Å². The van der Waals surface area contributed by atoms with Gasteiger partial charge in [0.1, 0.15) is 24.3 Å². The highest BCUT2D eigenvalue weighted by Crippen LogP contribution is 2.29. The molecule has 0 saturated heterocycles. The summed E-state index contributed by atoms with van der Waals surface area (Å²) in [6, 6.07) is 12.7. The van der Waals surface area contributed by atoms with Crippen LogP contribution in [0.25, 0.3) is 12.2 Å². The molecule has 32 heavy (non-hydrogen) atoms. The largest absolute Gasteiger partial charge is 0.487 e. The summed E-state index contributed by atoms with van der Waals surface area (Å²) < 4.78 is 48.9. The summed E-state index contributed by atoms with van der Waals surface area (Å²) in [5, 5.41) is 0. The van der Waals surface area contributed by atoms with Crippen LogP contribution in [0.1, 0.15) is 47.5 Å². The van der Waals surface area contributed by atoms with Crippen molar-refractivity contribution in [3.8, 4) is 5.75 Å². The van der Waals surface area contributed by atoms with Crippen LogP contribution in [0.2, 0.25) is 0 Å². The van der Waals surface area contributed by atoms with E-state index in [4.69, 9.17) is 27.1 Å². The van der Waals surface area contributed by atoms with Crippen LogP contribution in [-0.2, 0) is 19.2 Å². The molecule has 0 aliphatic carbocycles. The van der Waals surface area contributed by atoms with Gasteiger partial charge in [-0.3, -0.25) is 0 Å². The summed E-state index contributed by atoms with van der Waals surface area (Å²) in [7, 11) is 0. The molecule has 3 aromatic rings. The molecule has 0 radical (unpaired) electrons. The minimum Gasteiger partial charge on any atom is -0.487 e. The summed E-state index contributed by atoms with van der Waals surface area (Å²) in [6.45, 7) is 0.241. The van der Waals surface area contributed by atoms with Gasteiger partial charge < -0.3 is 14.9 Å². The zero-order valence-corrected chi connectivity index (χ0v) is 18.1. The van der Waals surface area contributed by atoms with E-state index < -0.39 is 11.7 Å². The first-order chi connectivity index (χ1) is 15.3. The maximum absolute atomic E-state index is 12.6. The fourth-order valence-electron chi connectivity index (χ4n) is 2.95. The van der Waals surface area contributed by atoms with Crippen LogP contribution in [0.5, 0.6) is 5.75 Å². The highest BCUT2D eigenvalue weighted by molar-refractivity contribution is 7.80. The molecule has 0 amide bonds. The monoisotopic (exact) mass is 460 g/mol. The van der Waals surface area contributed by atoms with Gasteiger partial charge in [0.25, 0.3) is 0 Å². The Morgan fingerprint density at radius 3 is 2.41 bits per heavy atom. The Labute approximate surface area is 189 Å². The molecule has 0 bridgehead atoms. The standard InChI is InChI=1S/C24H23F3N2O2S/c25-24(26,27)19-10-5-18(6-11-19)9-14-23-29-20(16-31-23)15-30-21-12-7-17(8-13-21)3-1-2-4-22(28)32/h5-14,16H,1-4,15H2,(H2,28,32)/b14-9+. The van der Waals surface area contributed by atoms with Crippen LogP contribution in [0.15, 0.2) is 59.2 Å². The number of oxazole rings is 1. The molecule has 0 atom stereocenters. The summed E-state index contributed by atoms with van der Waals surface area (Å²) in [6.07, 6.45) is 4.11. The maximum atomic E-state index is 12.6. The van der Waals surface area contributed by atoms with Gasteiger partial charge in [0.15, 0.2) is 0 Å². The van der Waals surface area contributed by atoms with E-state index in [1.54, 1.807) is 12.2 Å². The fraction of sp³-hybridized carbons (Fsp3) is 0.250. The third-order valence-corrected chi connectivity index (χ3v) is 4.88. The third kappa shape index (κ3) is 7.53. The van der Waals surface area contributed by atoms with Gasteiger partial charge in [0.2, 0.25) is 5.89 Å². The second kappa shape index (κ2) is 10.9. The van der Waals surface area contributed by atoms with Crippen LogP contribution < -0.4 is 10.5 Å². The number of nitrogens with zero attached hydrogens (tertiary/aromatic N) is 1. The van der Waals surface area contributed by atoms with E-state index in [-0.39, 0.29) is 6.61 Å². The van der Waals surface area contributed by atoms with Crippen LogP contribution in [0.4, 0.5) is 13.2 Å². The zero-order valence-electron chi connectivity index (χ0n) is 17.3. The van der Waals surface area contributed by atoms with E-state index in [9.17, 15) is 13.2 Å². The van der Waals surface area contributed by atoms with Crippen molar-refractivity contribution >= 4 is 29.4 Å². The quantitative estimate of drug-likeness (QED) is 0.279. The van der Waals surface area contributed by atoms with Crippen molar-refractivity contribution in [2.45, 2.75) is 38.5 Å². The number of aryl methyl sites for hydroxylation is 1. The first-order valence-electron chi connectivity index (χ1n) is 10.1. The second-order valence-corrected chi connectivity index (χ2v) is 7.76. The lowest BCUT2D eigenvalue weighted by atomic mass is 10.1. The van der Waals surface area contributed by atoms with Gasteiger partial charge in [0.05, 0.1) is 10.6 Å². The van der Waals surface area contributed by atoms with Crippen LogP contribution in [0.3, 0.4) is 0 Å². The molecule has 0 fully saturated rings. The molecule has 0 aliphatic rings. The van der Waals surface area contributed by atoms with Crippen molar-refractivity contribution < 1.29 is 22.3 Å². The summed E-state index contributed by atoms with van der Waals surface area (Å²) >= 11 is 4.88. The van der Waals surface area contributed by atoms with Crippen molar-refractivity contribution in [3.05, 3.63) is 83.1 Å². The Bertz CT molecular complexity index is 1040. The van der Waals surface area contributed by atoms with E-state index >= 15 is 0 Å². The smallest absolute Gasteiger partial charge is 0.416 e. The highest BCUT2D eigenvalue weighted by Gasteiger charge is 2.29. The molecule has 0 aliphatic heterocycles. The van der Waals surface area contributed by atoms with Crippen molar-refractivity contribution in [2.75, 3.05) is 0 Å². The molecule has 4 nitrogen and oxygen atoms in total. The van der Waals surface area contributed by atoms with Gasteiger partial charge in [-0.15, -0.1) is 0 Å². The Morgan fingerprint density at radius 1 is 1.03 bits per heavy atom. The van der Waals surface area contributed by atoms with Crippen LogP contribution in [0, 0.1) is 0 Å². The SMILES string of the molecule is NC(=S)CCCCc1ccc(OCc2coc(/C=C/c3ccc(C(F)(F)F)cc3)n2)cc1. The van der Waals surface area contributed by atoms with E-state index in [1.165, 1.54) is 24.0 Å². The average Bonchev–Trinajstić information content (AvgIpc) is 3.22. The van der Waals surface area contributed by atoms with Crippen molar-refractivity contribution in [2.24, 2.45) is 5.73 Å². The molecule has 2 aromatic carbocycles. The Balaban J connectivity index is 1.47. The van der Waals surface area contributed by atoms with Gasteiger partial charge >= 0.3 is 6.18 Å². The molecule has 0 unspecified atom stereocenters. The molecular weight excluding hydrogens is 437 g/mol. The number of halogens is 3. The average molecular weight is 461 g/mol. The van der Waals surface area contributed by atoms with Crippen LogP contribution in [-0.4, -0.2) is 9.97 Å². The first-order valence-corrected chi connectivity index (χ1v) is 10.5. The number of nitrogens with two attached hydrogens (primary N) is 1. The Hall–Kier alpha value is -3.13. The minimum atomic E-state index is -4.35. The molecule has 1 heterocycles. The predicted octanol–water partition coefficient (Wildman–Crippen LogP) is 6.44. The van der Waals surface area contributed by atoms with Gasteiger partial charge in [-0.05, 0) is 67.2 Å². The number of ether oxygens (including phenoxy) is 1. The second-order valence-electron chi connectivity index (χ2n) is 7.24. The molecule has 0 spiro atoms. The molecule has 3 rings (SSSR count).